The summed E-state index contributed by atoms with van der Waals surface area (Å²) in [5, 5.41) is 0. The molecule has 534 valence electrons. The highest BCUT2D eigenvalue weighted by Gasteiger charge is 2.61. The van der Waals surface area contributed by atoms with Gasteiger partial charge in [-0.3, -0.25) is 0 Å². The molecule has 24 bridgehead atoms. The van der Waals surface area contributed by atoms with E-state index in [2.05, 4.69) is 60.2 Å². The number of ether oxygens (including phenoxy) is 6. The van der Waals surface area contributed by atoms with E-state index in [1.807, 2.05) is 0 Å². The molecule has 24 aliphatic rings. The fraction of sp³-hybridized carbons (Fsp3) is 0.788. The minimum Gasteiger partial charge on any atom is -0.459 e. The average Bonchev–Trinajstić information content (AvgIpc) is 0.755. The van der Waals surface area contributed by atoms with Crippen LogP contribution in [-0.4, -0.2) is 70.4 Å². The average molecular weight is 1340 g/mol. The van der Waals surface area contributed by atoms with E-state index in [1.54, 1.807) is 20.8 Å². The lowest BCUT2D eigenvalue weighted by molar-refractivity contribution is -0.207. The van der Waals surface area contributed by atoms with E-state index in [9.17, 15) is 28.8 Å². The molecule has 0 aromatic rings. The molecule has 24 saturated carbocycles. The van der Waals surface area contributed by atoms with Gasteiger partial charge in [-0.05, 0) is 376 Å². The molecule has 0 N–H and O–H groups in total. The number of rotatable bonds is 13. The van der Waals surface area contributed by atoms with Crippen LogP contribution in [0, 0.1) is 136 Å². The molecule has 0 saturated heterocycles. The van der Waals surface area contributed by atoms with Crippen LogP contribution >= 0.6 is 0 Å². The van der Waals surface area contributed by atoms with Crippen LogP contribution < -0.4 is 0 Å². The molecule has 12 heteroatoms. The summed E-state index contributed by atoms with van der Waals surface area (Å²) in [5.74, 6) is 16.7. The van der Waals surface area contributed by atoms with E-state index >= 15 is 0 Å². The molecule has 0 amide bonds. The third-order valence-electron chi connectivity index (χ3n) is 30.1. The summed E-state index contributed by atoms with van der Waals surface area (Å²) in [6.07, 6.45) is 45.6. The first-order chi connectivity index (χ1) is 46.2. The van der Waals surface area contributed by atoms with Crippen LogP contribution in [0.25, 0.3) is 0 Å². The van der Waals surface area contributed by atoms with Crippen molar-refractivity contribution in [1.29, 1.82) is 0 Å². The Bertz CT molecular complexity index is 2870. The predicted molar refractivity (Wildman–Crippen MR) is 375 cm³/mol. The monoisotopic (exact) mass is 1330 g/mol. The fourth-order valence-corrected chi connectivity index (χ4v) is 27.1. The molecule has 24 aliphatic carbocycles. The molecule has 0 unspecified atom stereocenters. The topological polar surface area (TPSA) is 158 Å². The maximum absolute atomic E-state index is 12.0. The lowest BCUT2D eigenvalue weighted by Gasteiger charge is -2.60. The molecular weight excluding hydrogens is 1210 g/mol. The first-order valence-electron chi connectivity index (χ1n) is 39.4. The summed E-state index contributed by atoms with van der Waals surface area (Å²) in [6, 6.07) is 0. The Kier molecular flexibility index (Phi) is 20.6. The van der Waals surface area contributed by atoms with Gasteiger partial charge in [-0.15, -0.1) is 0 Å². The van der Waals surface area contributed by atoms with E-state index < -0.39 is 0 Å². The van der Waals surface area contributed by atoms with Gasteiger partial charge in [0.15, 0.2) is 0 Å². The van der Waals surface area contributed by atoms with Crippen LogP contribution in [0.3, 0.4) is 0 Å². The largest absolute Gasteiger partial charge is 0.459 e. The highest BCUT2D eigenvalue weighted by molar-refractivity contribution is 5.88. The number of hydrogen-bond acceptors (Lipinski definition) is 12. The Hall–Kier alpha value is -4.74. The quantitative estimate of drug-likeness (QED) is 0.0978. The van der Waals surface area contributed by atoms with Crippen LogP contribution in [0.1, 0.15) is 247 Å². The van der Waals surface area contributed by atoms with Crippen molar-refractivity contribution < 1.29 is 57.2 Å². The molecule has 0 aromatic heterocycles. The molecule has 97 heavy (non-hydrogen) atoms. The summed E-state index contributed by atoms with van der Waals surface area (Å²) in [7, 11) is 0. The minimum absolute atomic E-state index is 0.0972. The molecule has 0 aliphatic heterocycles. The van der Waals surface area contributed by atoms with E-state index in [4.69, 9.17) is 28.4 Å². The zero-order valence-corrected chi connectivity index (χ0v) is 60.4. The highest BCUT2D eigenvalue weighted by Crippen LogP contribution is 2.64. The summed E-state index contributed by atoms with van der Waals surface area (Å²) in [6.45, 7) is 33.3. The van der Waals surface area contributed by atoms with Gasteiger partial charge in [0.05, 0.1) is 0 Å². The van der Waals surface area contributed by atoms with E-state index in [1.165, 1.54) is 198 Å². The molecule has 0 atom stereocenters. The van der Waals surface area contributed by atoms with Gasteiger partial charge in [0.2, 0.25) is 0 Å². The summed E-state index contributed by atoms with van der Waals surface area (Å²) < 4.78 is 34.3. The number of esters is 6. The Morgan fingerprint density at radius 2 is 0.598 bits per heavy atom. The van der Waals surface area contributed by atoms with Gasteiger partial charge in [-0.1, -0.05) is 46.4 Å². The lowest BCUT2D eigenvalue weighted by atomic mass is 9.49. The Balaban J connectivity index is 0.000000105. The normalized spacial score (nSPS) is 46.4. The standard InChI is InChI=1S/C16H24O2.C15H22O2.2C14H20O2.2C13H18O2/c1-4-16(18-15(17)10(2)3)13-6-11-5-12(8-13)9-14(16)7-11;1-9(2)14(16)17-15(3)12-5-10-4-11(7-12)8-13(15)6-10;1-8(2)14(15)16-13-11-4-9-3-10(6-11)7-12(13)5-9;1-3-13(15)16-14(2)11-5-9-4-10(7-11)8-12(14)6-9;1-2-12(14)15-13-6-9-3-10(7-13)5-11(4-9)8-13;1-2-12(14)15-13-10-4-8-3-9(6-10)7-11(13)5-8/h11-14H,2,4-9H2,1,3H3;10-13H,1,4-8H2,2-3H3;9-13H,1,3-7H2,2H3;3,9-12H,1,4-8H2,2H3;2,9-11H,1,3-8H2;2,8-11,13H,1,3-7H2. The number of hydrogen-bond donors (Lipinski definition) is 0. The molecule has 0 radical (unpaired) electrons. The van der Waals surface area contributed by atoms with Crippen molar-refractivity contribution in [3.8, 4) is 0 Å². The third kappa shape index (κ3) is 14.6. The zero-order valence-electron chi connectivity index (χ0n) is 60.4. The zero-order chi connectivity index (χ0) is 68.6. The predicted octanol–water partition coefficient (Wildman–Crippen LogP) is 18.1. The van der Waals surface area contributed by atoms with Gasteiger partial charge in [-0.25, -0.2) is 28.8 Å². The molecule has 24 fully saturated rings. The maximum atomic E-state index is 12.0. The molecule has 24 rings (SSSR count). The number of carbonyl (C=O) groups excluding carboxylic acids is 6. The van der Waals surface area contributed by atoms with Crippen molar-refractivity contribution in [2.45, 2.75) is 282 Å². The molecular formula is C85H122O12. The van der Waals surface area contributed by atoms with Crippen LogP contribution in [-0.2, 0) is 57.2 Å². The van der Waals surface area contributed by atoms with Gasteiger partial charge in [-0.2, -0.15) is 0 Å². The van der Waals surface area contributed by atoms with E-state index in [-0.39, 0.29) is 70.4 Å². The van der Waals surface area contributed by atoms with Crippen molar-refractivity contribution in [3.63, 3.8) is 0 Å². The SMILES string of the molecule is C=C(C)C(=O)OC1(C)C2CC3CC(C2)CC1C3.C=C(C)C(=O)OC1(CC)C2CC3CC(C2)CC1C3.C=C(C)C(=O)OC1C2CC3CC(C2)CC1C3.C=CC(=O)OC1(C)C2CC3CC(C2)CC1C3.C=CC(=O)OC12CC3CC(CC(C3)C1)C2.C=CC(=O)OC1C2CC3CC(C2)CC1C3. The molecule has 0 spiro atoms. The van der Waals surface area contributed by atoms with Crippen molar-refractivity contribution in [2.24, 2.45) is 136 Å². The Labute approximate surface area is 582 Å². The van der Waals surface area contributed by atoms with E-state index in [0.29, 0.717) is 75.9 Å². The van der Waals surface area contributed by atoms with Gasteiger partial charge in [0.1, 0.15) is 34.6 Å². The smallest absolute Gasteiger partial charge is 0.333 e. The molecule has 0 heterocycles. The van der Waals surface area contributed by atoms with Crippen LogP contribution in [0.15, 0.2) is 74.4 Å². The third-order valence-corrected chi connectivity index (χ3v) is 30.1. The number of carbonyl (C=O) groups is 6. The second kappa shape index (κ2) is 28.2. The van der Waals surface area contributed by atoms with Crippen LogP contribution in [0.4, 0.5) is 0 Å². The van der Waals surface area contributed by atoms with Gasteiger partial charge >= 0.3 is 35.8 Å². The summed E-state index contributed by atoms with van der Waals surface area (Å²) in [4.78, 5) is 69.5. The van der Waals surface area contributed by atoms with Crippen LogP contribution in [0.2, 0.25) is 0 Å². The fourth-order valence-electron chi connectivity index (χ4n) is 27.1. The van der Waals surface area contributed by atoms with Gasteiger partial charge in [0, 0.05) is 34.9 Å². The summed E-state index contributed by atoms with van der Waals surface area (Å²) >= 11 is 0. The Morgan fingerprint density at radius 1 is 0.330 bits per heavy atom. The van der Waals surface area contributed by atoms with Crippen molar-refractivity contribution in [1.82, 2.24) is 0 Å². The lowest BCUT2D eigenvalue weighted by Crippen LogP contribution is -2.59. The maximum Gasteiger partial charge on any atom is 0.333 e. The van der Waals surface area contributed by atoms with Crippen molar-refractivity contribution in [2.75, 3.05) is 0 Å². The van der Waals surface area contributed by atoms with E-state index in [0.717, 1.165) is 103 Å². The highest BCUT2D eigenvalue weighted by atomic mass is 16.6. The van der Waals surface area contributed by atoms with Crippen molar-refractivity contribution in [3.05, 3.63) is 74.4 Å². The summed E-state index contributed by atoms with van der Waals surface area (Å²) in [5.41, 5.74) is 0.941. The van der Waals surface area contributed by atoms with Gasteiger partial charge < -0.3 is 28.4 Å². The first-order valence-corrected chi connectivity index (χ1v) is 39.4. The van der Waals surface area contributed by atoms with Crippen molar-refractivity contribution >= 4 is 35.8 Å². The Morgan fingerprint density at radius 3 is 0.907 bits per heavy atom. The second-order valence-electron chi connectivity index (χ2n) is 36.9. The molecule has 0 aromatic carbocycles. The second-order valence-corrected chi connectivity index (χ2v) is 36.9. The minimum atomic E-state index is -0.241. The van der Waals surface area contributed by atoms with Crippen LogP contribution in [0.5, 0.6) is 0 Å². The first kappa shape index (κ1) is 70.7. The van der Waals surface area contributed by atoms with Gasteiger partial charge in [0.25, 0.3) is 0 Å². The molecule has 12 nitrogen and oxygen atoms in total.